The predicted molar refractivity (Wildman–Crippen MR) is 79.3 cm³/mol. The quantitative estimate of drug-likeness (QED) is 0.916. The van der Waals surface area contributed by atoms with Gasteiger partial charge < -0.3 is 10.5 Å². The molecule has 106 valence electrons. The van der Waals surface area contributed by atoms with E-state index in [1.165, 1.54) is 11.6 Å². The number of rotatable bonds is 4. The van der Waals surface area contributed by atoms with Crippen LogP contribution in [-0.2, 0) is 0 Å². The molecule has 2 nitrogen and oxygen atoms in total. The summed E-state index contributed by atoms with van der Waals surface area (Å²) in [6, 6.07) is 12.6. The molecule has 20 heavy (non-hydrogen) atoms. The SMILES string of the molecule is Cc1ccc(C(N)C(C)Oc2ccc(C)c(F)c2)cc1. The van der Waals surface area contributed by atoms with E-state index in [1.807, 2.05) is 38.1 Å². The molecule has 2 N–H and O–H groups in total. The van der Waals surface area contributed by atoms with Crippen LogP contribution in [0.1, 0.15) is 29.7 Å². The first-order valence-corrected chi connectivity index (χ1v) is 6.72. The molecule has 0 radical (unpaired) electrons. The van der Waals surface area contributed by atoms with Gasteiger partial charge in [-0.3, -0.25) is 0 Å². The number of aryl methyl sites for hydroxylation is 2. The monoisotopic (exact) mass is 273 g/mol. The molecule has 0 saturated carbocycles. The summed E-state index contributed by atoms with van der Waals surface area (Å²) in [6.45, 7) is 5.65. The summed E-state index contributed by atoms with van der Waals surface area (Å²) in [6.07, 6.45) is -0.236. The molecule has 3 heteroatoms. The molecule has 2 atom stereocenters. The van der Waals surface area contributed by atoms with E-state index in [1.54, 1.807) is 19.1 Å². The highest BCUT2D eigenvalue weighted by atomic mass is 19.1. The summed E-state index contributed by atoms with van der Waals surface area (Å²) in [5, 5.41) is 0. The van der Waals surface area contributed by atoms with Crippen molar-refractivity contribution in [1.82, 2.24) is 0 Å². The molecule has 0 aliphatic carbocycles. The minimum absolute atomic E-state index is 0.236. The highest BCUT2D eigenvalue weighted by molar-refractivity contribution is 5.29. The van der Waals surface area contributed by atoms with Gasteiger partial charge in [-0.05, 0) is 38.0 Å². The van der Waals surface area contributed by atoms with E-state index in [4.69, 9.17) is 10.5 Å². The molecule has 0 heterocycles. The Morgan fingerprint density at radius 3 is 2.30 bits per heavy atom. The molecule has 0 amide bonds. The van der Waals surface area contributed by atoms with Gasteiger partial charge in [-0.15, -0.1) is 0 Å². The molecule has 0 saturated heterocycles. The fourth-order valence-corrected chi connectivity index (χ4v) is 1.99. The molecule has 2 aromatic rings. The van der Waals surface area contributed by atoms with Crippen LogP contribution in [0, 0.1) is 19.7 Å². The average molecular weight is 273 g/mol. The smallest absolute Gasteiger partial charge is 0.129 e. The number of hydrogen-bond acceptors (Lipinski definition) is 2. The van der Waals surface area contributed by atoms with Gasteiger partial charge in [0.15, 0.2) is 0 Å². The highest BCUT2D eigenvalue weighted by Gasteiger charge is 2.16. The lowest BCUT2D eigenvalue weighted by Gasteiger charge is -2.22. The zero-order valence-electron chi connectivity index (χ0n) is 12.1. The molecule has 0 fully saturated rings. The first kappa shape index (κ1) is 14.5. The zero-order chi connectivity index (χ0) is 14.7. The molecule has 0 aromatic heterocycles. The van der Waals surface area contributed by atoms with E-state index in [0.29, 0.717) is 11.3 Å². The first-order chi connectivity index (χ1) is 9.47. The van der Waals surface area contributed by atoms with Crippen LogP contribution >= 0.6 is 0 Å². The van der Waals surface area contributed by atoms with Crippen LogP contribution in [-0.4, -0.2) is 6.10 Å². The standard InChI is InChI=1S/C17H20FNO/c1-11-4-7-14(8-5-11)17(19)13(3)20-15-9-6-12(2)16(18)10-15/h4-10,13,17H,19H2,1-3H3. The van der Waals surface area contributed by atoms with Crippen LogP contribution in [0.3, 0.4) is 0 Å². The summed E-state index contributed by atoms with van der Waals surface area (Å²) in [5.74, 6) is 0.238. The summed E-state index contributed by atoms with van der Waals surface area (Å²) >= 11 is 0. The molecule has 2 rings (SSSR count). The largest absolute Gasteiger partial charge is 0.489 e. The van der Waals surface area contributed by atoms with Crippen molar-refractivity contribution in [3.63, 3.8) is 0 Å². The van der Waals surface area contributed by atoms with Crippen LogP contribution in [0.5, 0.6) is 5.75 Å². The van der Waals surface area contributed by atoms with Crippen molar-refractivity contribution in [2.24, 2.45) is 5.73 Å². The van der Waals surface area contributed by atoms with Gasteiger partial charge in [0.25, 0.3) is 0 Å². The van der Waals surface area contributed by atoms with Gasteiger partial charge in [0, 0.05) is 6.07 Å². The van der Waals surface area contributed by atoms with Crippen LogP contribution in [0.4, 0.5) is 4.39 Å². The number of halogens is 1. The number of nitrogens with two attached hydrogens (primary N) is 1. The maximum absolute atomic E-state index is 13.5. The van der Waals surface area contributed by atoms with E-state index in [9.17, 15) is 4.39 Å². The van der Waals surface area contributed by atoms with Crippen LogP contribution in [0.15, 0.2) is 42.5 Å². The number of benzene rings is 2. The molecule has 2 aromatic carbocycles. The van der Waals surface area contributed by atoms with Crippen LogP contribution < -0.4 is 10.5 Å². The van der Waals surface area contributed by atoms with Crippen LogP contribution in [0.2, 0.25) is 0 Å². The number of hydrogen-bond donors (Lipinski definition) is 1. The fraction of sp³-hybridized carbons (Fsp3) is 0.294. The predicted octanol–water partition coefficient (Wildman–Crippen LogP) is 3.91. The maximum Gasteiger partial charge on any atom is 0.129 e. The van der Waals surface area contributed by atoms with E-state index in [0.717, 1.165) is 5.56 Å². The first-order valence-electron chi connectivity index (χ1n) is 6.72. The van der Waals surface area contributed by atoms with Gasteiger partial charge >= 0.3 is 0 Å². The average Bonchev–Trinajstić information content (AvgIpc) is 2.43. The summed E-state index contributed by atoms with van der Waals surface area (Å²) in [4.78, 5) is 0. The van der Waals surface area contributed by atoms with Crippen molar-refractivity contribution < 1.29 is 9.13 Å². The van der Waals surface area contributed by atoms with Gasteiger partial charge in [0.1, 0.15) is 17.7 Å². The Hall–Kier alpha value is -1.87. The summed E-state index contributed by atoms with van der Waals surface area (Å²) in [5.41, 5.74) is 8.99. The van der Waals surface area contributed by atoms with Gasteiger partial charge in [0.05, 0.1) is 6.04 Å². The Morgan fingerprint density at radius 2 is 1.70 bits per heavy atom. The van der Waals surface area contributed by atoms with Crippen molar-refractivity contribution >= 4 is 0 Å². The molecule has 0 aliphatic heterocycles. The Balaban J connectivity index is 2.08. The van der Waals surface area contributed by atoms with Crippen LogP contribution in [0.25, 0.3) is 0 Å². The second-order valence-corrected chi connectivity index (χ2v) is 5.17. The Bertz CT molecular complexity index is 580. The zero-order valence-corrected chi connectivity index (χ0v) is 12.1. The normalized spacial score (nSPS) is 13.8. The molecule has 0 bridgehead atoms. The van der Waals surface area contributed by atoms with Gasteiger partial charge in [-0.25, -0.2) is 4.39 Å². The molecular formula is C17H20FNO. The number of ether oxygens (including phenoxy) is 1. The van der Waals surface area contributed by atoms with Crippen molar-refractivity contribution in [3.8, 4) is 5.75 Å². The van der Waals surface area contributed by atoms with E-state index >= 15 is 0 Å². The topological polar surface area (TPSA) is 35.2 Å². The van der Waals surface area contributed by atoms with E-state index in [2.05, 4.69) is 0 Å². The van der Waals surface area contributed by atoms with Gasteiger partial charge in [-0.2, -0.15) is 0 Å². The summed E-state index contributed by atoms with van der Waals surface area (Å²) in [7, 11) is 0. The lowest BCUT2D eigenvalue weighted by atomic mass is 10.0. The van der Waals surface area contributed by atoms with Crippen molar-refractivity contribution in [2.45, 2.75) is 32.9 Å². The highest BCUT2D eigenvalue weighted by Crippen LogP contribution is 2.22. The minimum Gasteiger partial charge on any atom is -0.489 e. The lowest BCUT2D eigenvalue weighted by molar-refractivity contribution is 0.189. The molecule has 0 aliphatic rings. The molecular weight excluding hydrogens is 253 g/mol. The second-order valence-electron chi connectivity index (χ2n) is 5.17. The van der Waals surface area contributed by atoms with E-state index < -0.39 is 0 Å². The fourth-order valence-electron chi connectivity index (χ4n) is 1.99. The molecule has 2 unspecified atom stereocenters. The maximum atomic E-state index is 13.5. The van der Waals surface area contributed by atoms with Crippen molar-refractivity contribution in [2.75, 3.05) is 0 Å². The van der Waals surface area contributed by atoms with Gasteiger partial charge in [0.2, 0.25) is 0 Å². The van der Waals surface area contributed by atoms with Crippen molar-refractivity contribution in [3.05, 3.63) is 65.0 Å². The second kappa shape index (κ2) is 6.06. The van der Waals surface area contributed by atoms with Crippen molar-refractivity contribution in [1.29, 1.82) is 0 Å². The minimum atomic E-state index is -0.265. The Labute approximate surface area is 119 Å². The Morgan fingerprint density at radius 1 is 1.05 bits per heavy atom. The third kappa shape index (κ3) is 3.36. The Kier molecular flexibility index (Phi) is 4.40. The van der Waals surface area contributed by atoms with E-state index in [-0.39, 0.29) is 18.0 Å². The summed E-state index contributed by atoms with van der Waals surface area (Å²) < 4.78 is 19.2. The van der Waals surface area contributed by atoms with Gasteiger partial charge in [-0.1, -0.05) is 35.9 Å². The third-order valence-electron chi connectivity index (χ3n) is 3.43. The molecule has 0 spiro atoms. The lowest BCUT2D eigenvalue weighted by Crippen LogP contribution is -2.28. The third-order valence-corrected chi connectivity index (χ3v) is 3.43.